The van der Waals surface area contributed by atoms with Gasteiger partial charge in [0.15, 0.2) is 0 Å². The molecule has 0 bridgehead atoms. The minimum Gasteiger partial charge on any atom is -0.508 e. The molecular formula is C32H44O3. The van der Waals surface area contributed by atoms with Crippen LogP contribution in [0.3, 0.4) is 0 Å². The van der Waals surface area contributed by atoms with Crippen LogP contribution >= 0.6 is 0 Å². The predicted octanol–water partition coefficient (Wildman–Crippen LogP) is 9.35. The van der Waals surface area contributed by atoms with Crippen LogP contribution in [0.25, 0.3) is 11.1 Å². The molecule has 1 aliphatic rings. The predicted molar refractivity (Wildman–Crippen MR) is 148 cm³/mol. The number of ether oxygens (including phenoxy) is 1. The zero-order valence-electron chi connectivity index (χ0n) is 22.1. The number of phenolic OH excluding ortho intramolecular Hbond substituents is 2. The van der Waals surface area contributed by atoms with Gasteiger partial charge in [-0.05, 0) is 59.6 Å². The topological polar surface area (TPSA) is 49.7 Å². The summed E-state index contributed by atoms with van der Waals surface area (Å²) in [5.41, 5.74) is 3.77. The Morgan fingerprint density at radius 2 is 1.31 bits per heavy atom. The maximum absolute atomic E-state index is 9.96. The third kappa shape index (κ3) is 7.92. The average molecular weight is 477 g/mol. The van der Waals surface area contributed by atoms with Crippen LogP contribution < -0.4 is 4.74 Å². The zero-order valence-corrected chi connectivity index (χ0v) is 22.1. The van der Waals surface area contributed by atoms with Crippen LogP contribution in [0.15, 0.2) is 54.8 Å². The molecule has 0 aromatic heterocycles. The van der Waals surface area contributed by atoms with E-state index < -0.39 is 0 Å². The number of aromatic hydroxyl groups is 2. The van der Waals surface area contributed by atoms with Gasteiger partial charge in [0.25, 0.3) is 0 Å². The van der Waals surface area contributed by atoms with Crippen LogP contribution in [0.2, 0.25) is 0 Å². The molecule has 35 heavy (non-hydrogen) atoms. The van der Waals surface area contributed by atoms with Gasteiger partial charge in [0.2, 0.25) is 0 Å². The van der Waals surface area contributed by atoms with Crippen molar-refractivity contribution in [1.82, 2.24) is 0 Å². The molecule has 2 aromatic carbocycles. The first-order valence-corrected chi connectivity index (χ1v) is 13.5. The molecule has 2 atom stereocenters. The van der Waals surface area contributed by atoms with Gasteiger partial charge >= 0.3 is 0 Å². The quantitative estimate of drug-likeness (QED) is 0.303. The zero-order chi connectivity index (χ0) is 25.4. The van der Waals surface area contributed by atoms with E-state index in [1.54, 1.807) is 24.3 Å². The number of phenols is 2. The highest BCUT2D eigenvalue weighted by Gasteiger charge is 2.25. The fraction of sp³-hybridized carbons (Fsp3) is 0.500. The lowest BCUT2D eigenvalue weighted by atomic mass is 9.88. The van der Waals surface area contributed by atoms with Gasteiger partial charge in [0.05, 0.1) is 0 Å². The molecule has 0 amide bonds. The number of rotatable bonds is 13. The van der Waals surface area contributed by atoms with E-state index in [2.05, 4.69) is 34.3 Å². The van der Waals surface area contributed by atoms with E-state index in [0.717, 1.165) is 59.1 Å². The Labute approximate surface area is 212 Å². The lowest BCUT2D eigenvalue weighted by molar-refractivity contribution is 0.367. The molecule has 2 N–H and O–H groups in total. The van der Waals surface area contributed by atoms with Gasteiger partial charge in [-0.1, -0.05) is 91.4 Å². The number of hydrogen-bond donors (Lipinski definition) is 2. The van der Waals surface area contributed by atoms with Crippen molar-refractivity contribution in [1.29, 1.82) is 0 Å². The van der Waals surface area contributed by atoms with E-state index in [9.17, 15) is 10.2 Å². The van der Waals surface area contributed by atoms with Crippen LogP contribution in [-0.2, 0) is 0 Å². The van der Waals surface area contributed by atoms with Gasteiger partial charge in [-0.2, -0.15) is 0 Å². The third-order valence-corrected chi connectivity index (χ3v) is 7.23. The Bertz CT molecular complexity index is 1000. The van der Waals surface area contributed by atoms with Gasteiger partial charge in [0.1, 0.15) is 23.0 Å². The number of fused-ring (bicyclic) bond motifs is 1. The van der Waals surface area contributed by atoms with Crippen molar-refractivity contribution in [2.75, 3.05) is 0 Å². The van der Waals surface area contributed by atoms with Gasteiger partial charge in [-0.15, -0.1) is 0 Å². The van der Waals surface area contributed by atoms with Crippen molar-refractivity contribution >= 4 is 11.1 Å². The standard InChI is InChI=1S/C32H44O3/c1-22(2)9-6-10-23(3)11-7-12-24(4)13-8-14-30-32(26-15-17-27(33)18-16-26)25(5)29-20-19-28(34)21-31(29)35-30/h15-24,33-34H,5-14H2,1-4H3/t23-,24-/m1/s1. The summed E-state index contributed by atoms with van der Waals surface area (Å²) in [5.74, 6) is 4.33. The Morgan fingerprint density at radius 1 is 0.743 bits per heavy atom. The summed E-state index contributed by atoms with van der Waals surface area (Å²) in [6, 6.07) is 12.4. The van der Waals surface area contributed by atoms with E-state index in [1.807, 2.05) is 18.2 Å². The molecule has 0 spiro atoms. The first kappa shape index (κ1) is 26.9. The fourth-order valence-corrected chi connectivity index (χ4v) is 5.06. The highest BCUT2D eigenvalue weighted by Crippen LogP contribution is 2.45. The first-order valence-electron chi connectivity index (χ1n) is 13.5. The molecule has 0 saturated carbocycles. The maximum Gasteiger partial charge on any atom is 0.138 e. The Kier molecular flexibility index (Phi) is 9.89. The normalized spacial score (nSPS) is 15.2. The van der Waals surface area contributed by atoms with Gasteiger partial charge in [-0.3, -0.25) is 0 Å². The smallest absolute Gasteiger partial charge is 0.138 e. The summed E-state index contributed by atoms with van der Waals surface area (Å²) >= 11 is 0. The highest BCUT2D eigenvalue weighted by molar-refractivity contribution is 6.07. The number of hydrogen-bond acceptors (Lipinski definition) is 3. The summed E-state index contributed by atoms with van der Waals surface area (Å²) < 4.78 is 6.33. The Hall–Kier alpha value is -2.68. The fourth-order valence-electron chi connectivity index (χ4n) is 5.06. The van der Waals surface area contributed by atoms with Crippen LogP contribution in [0.5, 0.6) is 17.2 Å². The molecule has 3 heteroatoms. The van der Waals surface area contributed by atoms with Crippen molar-refractivity contribution < 1.29 is 14.9 Å². The molecule has 3 rings (SSSR count). The second kappa shape index (κ2) is 12.9. The molecule has 1 aliphatic heterocycles. The number of benzene rings is 2. The van der Waals surface area contributed by atoms with E-state index in [1.165, 1.54) is 38.5 Å². The van der Waals surface area contributed by atoms with Crippen molar-refractivity contribution in [3.05, 3.63) is 65.9 Å². The van der Waals surface area contributed by atoms with Crippen molar-refractivity contribution in [2.24, 2.45) is 17.8 Å². The summed E-state index contributed by atoms with van der Waals surface area (Å²) in [6.07, 6.45) is 11.0. The Morgan fingerprint density at radius 3 is 1.94 bits per heavy atom. The molecule has 190 valence electrons. The first-order chi connectivity index (χ1) is 16.7. The minimum absolute atomic E-state index is 0.191. The average Bonchev–Trinajstić information content (AvgIpc) is 2.79. The molecule has 0 aliphatic carbocycles. The molecule has 0 radical (unpaired) electrons. The second-order valence-corrected chi connectivity index (χ2v) is 11.0. The van der Waals surface area contributed by atoms with E-state index in [-0.39, 0.29) is 11.5 Å². The molecule has 0 saturated heterocycles. The Balaban J connectivity index is 1.57. The molecule has 1 heterocycles. The van der Waals surface area contributed by atoms with Crippen LogP contribution in [-0.4, -0.2) is 10.2 Å². The second-order valence-electron chi connectivity index (χ2n) is 11.0. The molecule has 2 aromatic rings. The number of allylic oxidation sites excluding steroid dienone is 3. The summed E-state index contributed by atoms with van der Waals surface area (Å²) in [4.78, 5) is 0. The van der Waals surface area contributed by atoms with Gasteiger partial charge in [0, 0.05) is 23.6 Å². The van der Waals surface area contributed by atoms with E-state index in [0.29, 0.717) is 11.7 Å². The summed E-state index contributed by atoms with van der Waals surface area (Å²) in [7, 11) is 0. The molecule has 0 unspecified atom stereocenters. The molecule has 0 fully saturated rings. The monoisotopic (exact) mass is 476 g/mol. The van der Waals surface area contributed by atoms with Crippen molar-refractivity contribution in [3.63, 3.8) is 0 Å². The van der Waals surface area contributed by atoms with E-state index >= 15 is 0 Å². The third-order valence-electron chi connectivity index (χ3n) is 7.23. The lowest BCUT2D eigenvalue weighted by Gasteiger charge is -2.26. The lowest BCUT2D eigenvalue weighted by Crippen LogP contribution is -2.10. The van der Waals surface area contributed by atoms with Crippen LogP contribution in [0, 0.1) is 17.8 Å². The minimum atomic E-state index is 0.191. The maximum atomic E-state index is 9.96. The largest absolute Gasteiger partial charge is 0.508 e. The van der Waals surface area contributed by atoms with Gasteiger partial charge in [-0.25, -0.2) is 0 Å². The SMILES string of the molecule is C=C1C(c2ccc(O)cc2)=C(CCC[C@H](C)CCC[C@H](C)CCCC(C)C)Oc2cc(O)ccc21. The summed E-state index contributed by atoms with van der Waals surface area (Å²) in [5, 5.41) is 19.7. The molecule has 3 nitrogen and oxygen atoms in total. The van der Waals surface area contributed by atoms with Crippen LogP contribution in [0.1, 0.15) is 96.6 Å². The van der Waals surface area contributed by atoms with Gasteiger partial charge < -0.3 is 14.9 Å². The highest BCUT2D eigenvalue weighted by atomic mass is 16.5. The molecular weight excluding hydrogens is 432 g/mol. The van der Waals surface area contributed by atoms with Crippen molar-refractivity contribution in [2.45, 2.75) is 85.5 Å². The summed E-state index contributed by atoms with van der Waals surface area (Å²) in [6.45, 7) is 13.8. The van der Waals surface area contributed by atoms with Crippen molar-refractivity contribution in [3.8, 4) is 17.2 Å². The van der Waals surface area contributed by atoms with Crippen LogP contribution in [0.4, 0.5) is 0 Å². The van der Waals surface area contributed by atoms with E-state index in [4.69, 9.17) is 4.74 Å².